The van der Waals surface area contributed by atoms with E-state index in [1.54, 1.807) is 17.6 Å². The van der Waals surface area contributed by atoms with E-state index in [4.69, 9.17) is 4.74 Å². The number of ether oxygens (including phenoxy) is 1. The molecule has 1 aliphatic rings. The molecule has 1 saturated heterocycles. The van der Waals surface area contributed by atoms with E-state index in [2.05, 4.69) is 4.98 Å². The Bertz CT molecular complexity index is 981. The number of aryl methyl sites for hydroxylation is 2. The molecule has 2 heterocycles. The second kappa shape index (κ2) is 10.3. The topological polar surface area (TPSA) is 84.7 Å². The highest BCUT2D eigenvalue weighted by Gasteiger charge is 2.31. The number of imidazole rings is 1. The van der Waals surface area contributed by atoms with Gasteiger partial charge in [-0.3, -0.25) is 4.79 Å². The maximum absolute atomic E-state index is 12.7. The Kier molecular flexibility index (Phi) is 7.72. The van der Waals surface area contributed by atoms with E-state index in [0.29, 0.717) is 51.9 Å². The van der Waals surface area contributed by atoms with Crippen LogP contribution in [0.25, 0.3) is 0 Å². The van der Waals surface area contributed by atoms with Crippen molar-refractivity contribution in [3.63, 3.8) is 0 Å². The predicted molar refractivity (Wildman–Crippen MR) is 119 cm³/mol. The van der Waals surface area contributed by atoms with Gasteiger partial charge < -0.3 is 14.2 Å². The number of nitrogens with zero attached hydrogens (tertiary/aromatic N) is 4. The normalized spacial score (nSPS) is 15.4. The molecule has 0 atom stereocenters. The van der Waals surface area contributed by atoms with E-state index in [9.17, 15) is 13.2 Å². The molecule has 1 aliphatic heterocycles. The summed E-state index contributed by atoms with van der Waals surface area (Å²) in [5.41, 5.74) is 1.07. The second-order valence-corrected chi connectivity index (χ2v) is 9.94. The van der Waals surface area contributed by atoms with Crippen LogP contribution in [0.3, 0.4) is 0 Å². The minimum Gasteiger partial charge on any atom is -0.497 e. The molecule has 31 heavy (non-hydrogen) atoms. The minimum absolute atomic E-state index is 0.0822. The van der Waals surface area contributed by atoms with Gasteiger partial charge in [-0.05, 0) is 43.9 Å². The van der Waals surface area contributed by atoms with Gasteiger partial charge in [-0.2, -0.15) is 4.31 Å². The molecule has 0 radical (unpaired) electrons. The first kappa shape index (κ1) is 23.3. The number of sulfonamides is 1. The molecule has 8 nitrogen and oxygen atoms in total. The molecule has 0 saturated carbocycles. The van der Waals surface area contributed by atoms with E-state index in [-0.39, 0.29) is 11.9 Å². The lowest BCUT2D eigenvalue weighted by atomic mass is 10.0. The van der Waals surface area contributed by atoms with E-state index >= 15 is 0 Å². The highest BCUT2D eigenvalue weighted by Crippen LogP contribution is 2.21. The molecular formula is C22H32N4O4S. The van der Waals surface area contributed by atoms with Crippen LogP contribution in [0, 0.1) is 6.92 Å². The third-order valence-electron chi connectivity index (χ3n) is 5.90. The fraction of sp³-hybridized carbons (Fsp3) is 0.545. The number of hydrogen-bond donors (Lipinski definition) is 0. The molecule has 0 bridgehead atoms. The maximum Gasteiger partial charge on any atom is 0.222 e. The highest BCUT2D eigenvalue weighted by atomic mass is 32.2. The van der Waals surface area contributed by atoms with Gasteiger partial charge in [-0.15, -0.1) is 0 Å². The number of likely N-dealkylation sites (tertiary alicyclic amines) is 1. The quantitative estimate of drug-likeness (QED) is 0.586. The van der Waals surface area contributed by atoms with Gasteiger partial charge in [-0.1, -0.05) is 12.1 Å². The molecule has 3 rings (SSSR count). The molecular weight excluding hydrogens is 416 g/mol. The number of amides is 1. The first-order valence-electron chi connectivity index (χ1n) is 10.6. The molecule has 1 aromatic heterocycles. The summed E-state index contributed by atoms with van der Waals surface area (Å²) in [5, 5.41) is 0. The van der Waals surface area contributed by atoms with Gasteiger partial charge in [-0.25, -0.2) is 13.4 Å². The monoisotopic (exact) mass is 448 g/mol. The van der Waals surface area contributed by atoms with Crippen molar-refractivity contribution in [2.75, 3.05) is 33.0 Å². The van der Waals surface area contributed by atoms with E-state index < -0.39 is 10.0 Å². The Morgan fingerprint density at radius 3 is 2.65 bits per heavy atom. The molecule has 0 spiro atoms. The van der Waals surface area contributed by atoms with Crippen molar-refractivity contribution in [3.05, 3.63) is 48.0 Å². The molecule has 0 aliphatic carbocycles. The van der Waals surface area contributed by atoms with Gasteiger partial charge in [0.15, 0.2) is 0 Å². The van der Waals surface area contributed by atoms with Gasteiger partial charge in [0, 0.05) is 51.0 Å². The van der Waals surface area contributed by atoms with Crippen molar-refractivity contribution in [2.24, 2.45) is 0 Å². The standard InChI is InChI=1S/C22H32N4O4S/c1-18-23-11-14-24(18)15-16-26(31(3,28)29)20-9-12-25(13-10-20)22(27)8-7-19-5-4-6-21(17-19)30-2/h4-6,11,14,17,20H,7-10,12-13,15-16H2,1-3H3. The van der Waals surface area contributed by atoms with Crippen LogP contribution < -0.4 is 4.74 Å². The van der Waals surface area contributed by atoms with Gasteiger partial charge in [0.1, 0.15) is 11.6 Å². The molecule has 1 amide bonds. The summed E-state index contributed by atoms with van der Waals surface area (Å²) in [7, 11) is -1.71. The van der Waals surface area contributed by atoms with Crippen molar-refractivity contribution in [1.82, 2.24) is 18.8 Å². The van der Waals surface area contributed by atoms with Crippen molar-refractivity contribution >= 4 is 15.9 Å². The summed E-state index contributed by atoms with van der Waals surface area (Å²) in [6.45, 7) is 4.04. The lowest BCUT2D eigenvalue weighted by molar-refractivity contribution is -0.132. The lowest BCUT2D eigenvalue weighted by Crippen LogP contribution is -2.49. The van der Waals surface area contributed by atoms with E-state index in [1.807, 2.05) is 46.9 Å². The zero-order valence-corrected chi connectivity index (χ0v) is 19.3. The number of carbonyl (C=O) groups is 1. The van der Waals surface area contributed by atoms with Crippen LogP contribution in [0.15, 0.2) is 36.7 Å². The van der Waals surface area contributed by atoms with Gasteiger partial charge in [0.2, 0.25) is 15.9 Å². The number of benzene rings is 1. The number of piperidine rings is 1. The summed E-state index contributed by atoms with van der Waals surface area (Å²) < 4.78 is 33.6. The second-order valence-electron chi connectivity index (χ2n) is 8.01. The Hall–Kier alpha value is -2.39. The Balaban J connectivity index is 1.52. The van der Waals surface area contributed by atoms with Crippen molar-refractivity contribution < 1.29 is 17.9 Å². The van der Waals surface area contributed by atoms with Crippen LogP contribution in [0.5, 0.6) is 5.75 Å². The van der Waals surface area contributed by atoms with E-state index in [1.165, 1.54) is 6.26 Å². The minimum atomic E-state index is -3.34. The Morgan fingerprint density at radius 1 is 1.29 bits per heavy atom. The zero-order chi connectivity index (χ0) is 22.4. The molecule has 170 valence electrons. The lowest BCUT2D eigenvalue weighted by Gasteiger charge is -2.37. The smallest absolute Gasteiger partial charge is 0.222 e. The number of hydrogen-bond acceptors (Lipinski definition) is 5. The molecule has 2 aromatic rings. The average Bonchev–Trinajstić information content (AvgIpc) is 3.16. The fourth-order valence-electron chi connectivity index (χ4n) is 4.11. The summed E-state index contributed by atoms with van der Waals surface area (Å²) in [6.07, 6.45) is 7.25. The molecule has 0 unspecified atom stereocenters. The van der Waals surface area contributed by atoms with Crippen LogP contribution in [0.4, 0.5) is 0 Å². The molecule has 1 fully saturated rings. The number of carbonyl (C=O) groups excluding carboxylic acids is 1. The maximum atomic E-state index is 12.7. The summed E-state index contributed by atoms with van der Waals surface area (Å²) in [4.78, 5) is 18.7. The fourth-order valence-corrected chi connectivity index (χ4v) is 5.27. The van der Waals surface area contributed by atoms with Gasteiger partial charge >= 0.3 is 0 Å². The predicted octanol–water partition coefficient (Wildman–Crippen LogP) is 2.09. The van der Waals surface area contributed by atoms with Crippen molar-refractivity contribution in [1.29, 1.82) is 0 Å². The Morgan fingerprint density at radius 2 is 2.03 bits per heavy atom. The number of aromatic nitrogens is 2. The number of rotatable bonds is 9. The number of methoxy groups -OCH3 is 1. The largest absolute Gasteiger partial charge is 0.497 e. The third kappa shape index (κ3) is 6.30. The SMILES string of the molecule is COc1cccc(CCC(=O)N2CCC(N(CCn3ccnc3C)S(C)(=O)=O)CC2)c1. The van der Waals surface area contributed by atoms with Crippen LogP contribution in [0.1, 0.15) is 30.7 Å². The molecule has 1 aromatic carbocycles. The molecule has 9 heteroatoms. The van der Waals surface area contributed by atoms with Crippen LogP contribution in [-0.2, 0) is 27.8 Å². The first-order chi connectivity index (χ1) is 14.8. The van der Waals surface area contributed by atoms with Crippen LogP contribution in [0.2, 0.25) is 0 Å². The molecule has 0 N–H and O–H groups in total. The van der Waals surface area contributed by atoms with E-state index in [0.717, 1.165) is 17.1 Å². The summed E-state index contributed by atoms with van der Waals surface area (Å²) in [6, 6.07) is 7.67. The Labute approximate surface area is 184 Å². The summed E-state index contributed by atoms with van der Waals surface area (Å²) in [5.74, 6) is 1.77. The van der Waals surface area contributed by atoms with Crippen LogP contribution >= 0.6 is 0 Å². The first-order valence-corrected chi connectivity index (χ1v) is 12.5. The third-order valence-corrected chi connectivity index (χ3v) is 7.23. The van der Waals surface area contributed by atoms with Gasteiger partial charge in [0.05, 0.1) is 13.4 Å². The average molecular weight is 449 g/mol. The van der Waals surface area contributed by atoms with Crippen molar-refractivity contribution in [2.45, 2.75) is 45.2 Å². The van der Waals surface area contributed by atoms with Crippen LogP contribution in [-0.4, -0.2) is 72.1 Å². The highest BCUT2D eigenvalue weighted by molar-refractivity contribution is 7.88. The zero-order valence-electron chi connectivity index (χ0n) is 18.5. The summed E-state index contributed by atoms with van der Waals surface area (Å²) >= 11 is 0. The van der Waals surface area contributed by atoms with Crippen molar-refractivity contribution in [3.8, 4) is 5.75 Å². The van der Waals surface area contributed by atoms with Gasteiger partial charge in [0.25, 0.3) is 0 Å².